The Hall–Kier alpha value is -1.59. The molecular weight excluding hydrogens is 436 g/mol. The Kier molecular flexibility index (Phi) is 7.26. The molecule has 2 N–H and O–H groups in total. The zero-order valence-electron chi connectivity index (χ0n) is 12.8. The Bertz CT molecular complexity index is 654. The van der Waals surface area contributed by atoms with Crippen LogP contribution in [0.15, 0.2) is 17.5 Å². The predicted molar refractivity (Wildman–Crippen MR) is 95.4 cm³/mol. The molecule has 11 heteroatoms. The van der Waals surface area contributed by atoms with E-state index >= 15 is 0 Å². The van der Waals surface area contributed by atoms with Crippen LogP contribution in [0.5, 0.6) is 0 Å². The lowest BCUT2D eigenvalue weighted by Crippen LogP contribution is -2.69. The monoisotopic (exact) mass is 450 g/mol. The average molecular weight is 451 g/mol. The van der Waals surface area contributed by atoms with E-state index in [1.165, 1.54) is 15.6 Å². The molecule has 0 unspecified atom stereocenters. The van der Waals surface area contributed by atoms with Gasteiger partial charge in [0.15, 0.2) is 6.61 Å². The number of halogens is 1. The molecule has 2 atom stereocenters. The van der Waals surface area contributed by atoms with E-state index in [1.807, 2.05) is 17.5 Å². The summed E-state index contributed by atoms with van der Waals surface area (Å²) in [6.07, 6.45) is 0.213. The Balaban J connectivity index is 1.79. The summed E-state index contributed by atoms with van der Waals surface area (Å²) in [6, 6.07) is 2.76. The molecule has 2 heterocycles. The van der Waals surface area contributed by atoms with Gasteiger partial charge in [0.2, 0.25) is 5.91 Å². The molecular formula is C14H15BrN2O6S2. The highest BCUT2D eigenvalue weighted by molar-refractivity contribution is 9.09. The minimum atomic E-state index is -1.25. The largest absolute Gasteiger partial charge is 0.479 e. The zero-order chi connectivity index (χ0) is 18.4. The van der Waals surface area contributed by atoms with Gasteiger partial charge in [-0.3, -0.25) is 18.7 Å². The fraction of sp³-hybridized carbons (Fsp3) is 0.429. The molecule has 8 nitrogen and oxygen atoms in total. The smallest absolute Gasteiger partial charge is 0.341 e. The number of amides is 2. The fourth-order valence-electron chi connectivity index (χ4n) is 2.09. The first-order valence-corrected chi connectivity index (χ1v) is 10.1. The van der Waals surface area contributed by atoms with Crippen molar-refractivity contribution in [2.24, 2.45) is 0 Å². The molecule has 1 saturated heterocycles. The lowest BCUT2D eigenvalue weighted by Gasteiger charge is -2.45. The van der Waals surface area contributed by atoms with Gasteiger partial charge >= 0.3 is 11.9 Å². The van der Waals surface area contributed by atoms with Crippen LogP contribution in [-0.2, 0) is 30.3 Å². The van der Waals surface area contributed by atoms with Gasteiger partial charge in [-0.1, -0.05) is 22.0 Å². The van der Waals surface area contributed by atoms with Gasteiger partial charge in [0.05, 0.1) is 12.5 Å². The first-order valence-electron chi connectivity index (χ1n) is 7.13. The molecule has 0 saturated carbocycles. The van der Waals surface area contributed by atoms with Crippen LogP contribution in [0.4, 0.5) is 0 Å². The summed E-state index contributed by atoms with van der Waals surface area (Å²) in [4.78, 5) is 46.8. The van der Waals surface area contributed by atoms with Crippen molar-refractivity contribution in [2.45, 2.75) is 18.5 Å². The molecule has 2 rings (SSSR count). The second kappa shape index (κ2) is 9.20. The number of hydrogen-bond donors (Lipinski definition) is 2. The van der Waals surface area contributed by atoms with Crippen LogP contribution in [0.1, 0.15) is 4.88 Å². The van der Waals surface area contributed by atoms with Crippen molar-refractivity contribution in [2.75, 3.05) is 17.7 Å². The molecule has 25 heavy (non-hydrogen) atoms. The van der Waals surface area contributed by atoms with E-state index < -0.39 is 24.6 Å². The number of aliphatic carboxylic acids is 1. The SMILES string of the molecule is O=C(O)COC(=O)CSN1C(=O)[C@@H](NC(=O)Cc2cccs2)[C@H]1CBr. The molecule has 2 amide bonds. The summed E-state index contributed by atoms with van der Waals surface area (Å²) in [5.74, 6) is -2.69. The van der Waals surface area contributed by atoms with Crippen LogP contribution in [0.2, 0.25) is 0 Å². The highest BCUT2D eigenvalue weighted by atomic mass is 79.9. The molecule has 1 aromatic rings. The van der Waals surface area contributed by atoms with Gasteiger partial charge in [-0.15, -0.1) is 11.3 Å². The van der Waals surface area contributed by atoms with E-state index in [4.69, 9.17) is 5.11 Å². The number of rotatable bonds is 9. The van der Waals surface area contributed by atoms with Gasteiger partial charge in [-0.25, -0.2) is 4.79 Å². The number of β-lactam (4-membered cyclic amide) rings is 1. The van der Waals surface area contributed by atoms with Gasteiger partial charge in [-0.2, -0.15) is 0 Å². The molecule has 0 radical (unpaired) electrons. The molecule has 1 aromatic heterocycles. The Labute approximate surface area is 160 Å². The predicted octanol–water partition coefficient (Wildman–Crippen LogP) is 0.657. The van der Waals surface area contributed by atoms with Crippen LogP contribution in [-0.4, -0.2) is 62.9 Å². The highest BCUT2D eigenvalue weighted by Crippen LogP contribution is 2.30. The van der Waals surface area contributed by atoms with Gasteiger partial charge in [0.1, 0.15) is 11.8 Å². The maximum atomic E-state index is 12.2. The minimum Gasteiger partial charge on any atom is -0.479 e. The zero-order valence-corrected chi connectivity index (χ0v) is 16.1. The van der Waals surface area contributed by atoms with Gasteiger partial charge < -0.3 is 15.2 Å². The normalized spacial score (nSPS) is 19.2. The first-order chi connectivity index (χ1) is 11.9. The first kappa shape index (κ1) is 19.7. The number of hydrogen-bond acceptors (Lipinski definition) is 7. The molecule has 1 fully saturated rings. The number of carbonyl (C=O) groups is 4. The third kappa shape index (κ3) is 5.44. The summed E-state index contributed by atoms with van der Waals surface area (Å²) in [6.45, 7) is -0.712. The number of carboxylic acid groups (broad SMARTS) is 1. The van der Waals surface area contributed by atoms with Gasteiger partial charge in [0.25, 0.3) is 5.91 Å². The van der Waals surface area contributed by atoms with Crippen LogP contribution < -0.4 is 5.32 Å². The van der Waals surface area contributed by atoms with Crippen molar-refractivity contribution in [3.63, 3.8) is 0 Å². The van der Waals surface area contributed by atoms with Gasteiger partial charge in [-0.05, 0) is 23.4 Å². The topological polar surface area (TPSA) is 113 Å². The summed E-state index contributed by atoms with van der Waals surface area (Å²) in [5.41, 5.74) is 0. The fourth-order valence-corrected chi connectivity index (χ4v) is 4.60. The summed E-state index contributed by atoms with van der Waals surface area (Å²) < 4.78 is 5.88. The standard InChI is InChI=1S/C14H15BrN2O6S2/c15-5-9-13(16-10(18)4-8-2-1-3-24-8)14(22)17(9)25-7-12(21)23-6-11(19)20/h1-3,9,13H,4-7H2,(H,16,18)(H,19,20)/t9-,13+/m1/s1. The second-order valence-corrected chi connectivity index (χ2v) is 7.63. The number of alkyl halides is 1. The van der Waals surface area contributed by atoms with E-state index in [1.54, 1.807) is 0 Å². The quantitative estimate of drug-likeness (QED) is 0.246. The highest BCUT2D eigenvalue weighted by Gasteiger charge is 2.48. The van der Waals surface area contributed by atoms with Crippen LogP contribution in [0.25, 0.3) is 0 Å². The lowest BCUT2D eigenvalue weighted by atomic mass is 10.0. The molecule has 0 aromatic carbocycles. The van der Waals surface area contributed by atoms with E-state index in [2.05, 4.69) is 26.0 Å². The maximum absolute atomic E-state index is 12.2. The minimum absolute atomic E-state index is 0.182. The number of esters is 1. The maximum Gasteiger partial charge on any atom is 0.341 e. The third-order valence-corrected chi connectivity index (χ3v) is 5.87. The Morgan fingerprint density at radius 2 is 2.20 bits per heavy atom. The van der Waals surface area contributed by atoms with E-state index in [-0.39, 0.29) is 30.0 Å². The number of carboxylic acids is 1. The molecule has 136 valence electrons. The lowest BCUT2D eigenvalue weighted by molar-refractivity contribution is -0.153. The van der Waals surface area contributed by atoms with Crippen molar-refractivity contribution in [3.8, 4) is 0 Å². The number of thiophene rings is 1. The van der Waals surface area contributed by atoms with Crippen LogP contribution in [0.3, 0.4) is 0 Å². The second-order valence-electron chi connectivity index (χ2n) is 5.01. The number of nitrogens with zero attached hydrogens (tertiary/aromatic N) is 1. The molecule has 0 bridgehead atoms. The third-order valence-electron chi connectivity index (χ3n) is 3.24. The van der Waals surface area contributed by atoms with Crippen molar-refractivity contribution in [1.82, 2.24) is 9.62 Å². The molecule has 1 aliphatic heterocycles. The number of nitrogens with one attached hydrogen (secondary N) is 1. The molecule has 1 aliphatic rings. The van der Waals surface area contributed by atoms with Crippen molar-refractivity contribution in [3.05, 3.63) is 22.4 Å². The molecule has 0 spiro atoms. The van der Waals surface area contributed by atoms with Crippen LogP contribution in [0, 0.1) is 0 Å². The Morgan fingerprint density at radius 1 is 1.44 bits per heavy atom. The molecule has 0 aliphatic carbocycles. The summed E-state index contributed by atoms with van der Waals surface area (Å²) >= 11 is 5.70. The van der Waals surface area contributed by atoms with Crippen molar-refractivity contribution >= 4 is 63.0 Å². The van der Waals surface area contributed by atoms with Gasteiger partial charge in [0, 0.05) is 10.2 Å². The van der Waals surface area contributed by atoms with E-state index in [9.17, 15) is 19.2 Å². The van der Waals surface area contributed by atoms with E-state index in [0.29, 0.717) is 5.33 Å². The average Bonchev–Trinajstić information content (AvgIpc) is 3.07. The van der Waals surface area contributed by atoms with Crippen molar-refractivity contribution < 1.29 is 29.0 Å². The Morgan fingerprint density at radius 3 is 2.80 bits per heavy atom. The van der Waals surface area contributed by atoms with Crippen molar-refractivity contribution in [1.29, 1.82) is 0 Å². The number of ether oxygens (including phenoxy) is 1. The van der Waals surface area contributed by atoms with E-state index in [0.717, 1.165) is 16.8 Å². The summed E-state index contributed by atoms with van der Waals surface area (Å²) in [5, 5.41) is 13.4. The van der Waals surface area contributed by atoms with Crippen LogP contribution >= 0.6 is 39.2 Å². The summed E-state index contributed by atoms with van der Waals surface area (Å²) in [7, 11) is 0. The number of carbonyl (C=O) groups excluding carboxylic acids is 3.